The first-order chi connectivity index (χ1) is 12.1. The van der Waals surface area contributed by atoms with Gasteiger partial charge in [0.15, 0.2) is 12.1 Å². The highest BCUT2D eigenvalue weighted by molar-refractivity contribution is 5.93. The number of amides is 1. The van der Waals surface area contributed by atoms with Crippen molar-refractivity contribution < 1.29 is 14.3 Å². The van der Waals surface area contributed by atoms with Crippen LogP contribution in [0.15, 0.2) is 23.2 Å². The number of nitrogens with one attached hydrogen (secondary N) is 1. The number of aromatic nitrogens is 3. The summed E-state index contributed by atoms with van der Waals surface area (Å²) in [6, 6.07) is 2.13. The van der Waals surface area contributed by atoms with Crippen LogP contribution in [-0.2, 0) is 0 Å². The lowest BCUT2D eigenvalue weighted by molar-refractivity contribution is 0.0902. The molecule has 132 valence electrons. The summed E-state index contributed by atoms with van der Waals surface area (Å²) in [7, 11) is 0. The van der Waals surface area contributed by atoms with Crippen LogP contribution < -0.4 is 10.2 Å². The van der Waals surface area contributed by atoms with Gasteiger partial charge in [0, 0.05) is 36.8 Å². The second kappa shape index (κ2) is 6.44. The molecule has 8 nitrogen and oxygen atoms in total. The van der Waals surface area contributed by atoms with Crippen molar-refractivity contribution in [2.24, 2.45) is 0 Å². The van der Waals surface area contributed by atoms with Crippen LogP contribution in [0.2, 0.25) is 0 Å². The van der Waals surface area contributed by atoms with Crippen molar-refractivity contribution in [3.05, 3.63) is 35.9 Å². The number of aliphatic hydroxyl groups is 1. The van der Waals surface area contributed by atoms with Crippen molar-refractivity contribution in [3.8, 4) is 0 Å². The first kappa shape index (κ1) is 16.0. The first-order valence-corrected chi connectivity index (χ1v) is 8.56. The minimum Gasteiger partial charge on any atom is -0.448 e. The third-order valence-corrected chi connectivity index (χ3v) is 5.01. The zero-order valence-electron chi connectivity index (χ0n) is 14.1. The molecule has 2 aromatic heterocycles. The van der Waals surface area contributed by atoms with E-state index in [9.17, 15) is 9.90 Å². The summed E-state index contributed by atoms with van der Waals surface area (Å²) in [5.41, 5.74) is 1.34. The van der Waals surface area contributed by atoms with Gasteiger partial charge in [-0.25, -0.2) is 15.0 Å². The number of hydrogen-bond acceptors (Lipinski definition) is 7. The molecule has 0 aromatic carbocycles. The molecule has 1 amide bonds. The molecule has 1 aliphatic heterocycles. The van der Waals surface area contributed by atoms with Crippen LogP contribution in [0.25, 0.3) is 0 Å². The van der Waals surface area contributed by atoms with E-state index in [4.69, 9.17) is 4.42 Å². The van der Waals surface area contributed by atoms with Crippen molar-refractivity contribution in [2.45, 2.75) is 44.2 Å². The predicted octanol–water partition coefficient (Wildman–Crippen LogP) is 1.02. The largest absolute Gasteiger partial charge is 0.448 e. The number of hydrogen-bond donors (Lipinski definition) is 2. The van der Waals surface area contributed by atoms with Gasteiger partial charge in [-0.05, 0) is 26.2 Å². The molecule has 3 heterocycles. The fourth-order valence-corrected chi connectivity index (χ4v) is 3.46. The number of anilines is 1. The molecule has 0 unspecified atom stereocenters. The summed E-state index contributed by atoms with van der Waals surface area (Å²) in [5, 5.41) is 12.7. The van der Waals surface area contributed by atoms with Gasteiger partial charge in [-0.1, -0.05) is 0 Å². The summed E-state index contributed by atoms with van der Waals surface area (Å²) in [4.78, 5) is 26.9. The third-order valence-electron chi connectivity index (χ3n) is 5.01. The van der Waals surface area contributed by atoms with E-state index in [1.165, 1.54) is 6.39 Å². The van der Waals surface area contributed by atoms with Crippen LogP contribution in [0.5, 0.6) is 0 Å². The zero-order valence-corrected chi connectivity index (χ0v) is 14.1. The molecule has 0 bridgehead atoms. The van der Waals surface area contributed by atoms with Crippen molar-refractivity contribution in [1.82, 2.24) is 20.3 Å². The molecule has 2 N–H and O–H groups in total. The van der Waals surface area contributed by atoms with E-state index < -0.39 is 0 Å². The lowest BCUT2D eigenvalue weighted by atomic mass is 9.78. The Balaban J connectivity index is 1.35. The summed E-state index contributed by atoms with van der Waals surface area (Å²) in [6.07, 6.45) is 5.06. The van der Waals surface area contributed by atoms with Gasteiger partial charge in [0.05, 0.1) is 6.10 Å². The summed E-state index contributed by atoms with van der Waals surface area (Å²) in [5.74, 6) is 1.52. The fraction of sp³-hybridized carbons (Fsp3) is 0.529. The lowest BCUT2D eigenvalue weighted by Gasteiger charge is -2.35. The van der Waals surface area contributed by atoms with Crippen molar-refractivity contribution >= 4 is 11.7 Å². The molecule has 1 aliphatic carbocycles. The summed E-state index contributed by atoms with van der Waals surface area (Å²) >= 11 is 0. The van der Waals surface area contributed by atoms with Gasteiger partial charge in [0.2, 0.25) is 0 Å². The molecule has 1 atom stereocenters. The molecule has 1 saturated carbocycles. The molecule has 4 rings (SSSR count). The number of carbonyl (C=O) groups excluding carboxylic acids is 1. The van der Waals surface area contributed by atoms with Gasteiger partial charge in [0.1, 0.15) is 17.9 Å². The Labute approximate surface area is 145 Å². The maximum atomic E-state index is 12.1. The standard InChI is InChI=1S/C17H21N5O3/c1-10-16(20-9-25-10)17(24)21-12-4-11(5-12)14-6-15(19-8-18-14)22-3-2-13(23)7-22/h6,8-9,11-13,23H,2-5,7H2,1H3,(H,21,24)/t11?,12?,13-/m1/s1. The third kappa shape index (κ3) is 3.21. The fourth-order valence-electron chi connectivity index (χ4n) is 3.46. The molecule has 0 radical (unpaired) electrons. The molecular formula is C17H21N5O3. The Morgan fingerprint density at radius 1 is 1.36 bits per heavy atom. The molecule has 2 aromatic rings. The zero-order chi connectivity index (χ0) is 17.4. The van der Waals surface area contributed by atoms with Gasteiger partial charge in [-0.15, -0.1) is 0 Å². The smallest absolute Gasteiger partial charge is 0.273 e. The highest BCUT2D eigenvalue weighted by atomic mass is 16.3. The number of β-amino-alcohol motifs (C(OH)–C–C–N with tert-alkyl or cyclic N) is 1. The van der Waals surface area contributed by atoms with Gasteiger partial charge >= 0.3 is 0 Å². The Morgan fingerprint density at radius 3 is 2.88 bits per heavy atom. The van der Waals surface area contributed by atoms with E-state index in [-0.39, 0.29) is 18.1 Å². The van der Waals surface area contributed by atoms with Gasteiger partial charge in [0.25, 0.3) is 5.91 Å². The highest BCUT2D eigenvalue weighted by Gasteiger charge is 2.34. The Bertz CT molecular complexity index is 771. The monoisotopic (exact) mass is 343 g/mol. The van der Waals surface area contributed by atoms with E-state index in [0.717, 1.165) is 37.3 Å². The molecule has 2 fully saturated rings. The highest BCUT2D eigenvalue weighted by Crippen LogP contribution is 2.37. The predicted molar refractivity (Wildman–Crippen MR) is 89.3 cm³/mol. The maximum Gasteiger partial charge on any atom is 0.273 e. The number of nitrogens with zero attached hydrogens (tertiary/aromatic N) is 4. The first-order valence-electron chi connectivity index (χ1n) is 8.56. The van der Waals surface area contributed by atoms with Crippen molar-refractivity contribution in [1.29, 1.82) is 0 Å². The minimum absolute atomic E-state index is 0.126. The molecular weight excluding hydrogens is 322 g/mol. The van der Waals surface area contributed by atoms with Crippen LogP contribution in [0, 0.1) is 6.92 Å². The van der Waals surface area contributed by atoms with E-state index in [1.807, 2.05) is 6.07 Å². The van der Waals surface area contributed by atoms with E-state index in [2.05, 4.69) is 25.2 Å². The summed E-state index contributed by atoms with van der Waals surface area (Å²) in [6.45, 7) is 3.16. The number of rotatable bonds is 4. The van der Waals surface area contributed by atoms with Gasteiger partial charge in [-0.2, -0.15) is 0 Å². The number of carbonyl (C=O) groups is 1. The van der Waals surface area contributed by atoms with E-state index in [1.54, 1.807) is 13.3 Å². The van der Waals surface area contributed by atoms with Crippen LogP contribution in [0.1, 0.15) is 47.1 Å². The topological polar surface area (TPSA) is 104 Å². The number of aliphatic hydroxyl groups excluding tert-OH is 1. The van der Waals surface area contributed by atoms with Gasteiger partial charge in [-0.3, -0.25) is 4.79 Å². The number of aryl methyl sites for hydroxylation is 1. The van der Waals surface area contributed by atoms with E-state index in [0.29, 0.717) is 23.9 Å². The summed E-state index contributed by atoms with van der Waals surface area (Å²) < 4.78 is 5.07. The quantitative estimate of drug-likeness (QED) is 0.854. The Kier molecular flexibility index (Phi) is 4.12. The minimum atomic E-state index is -0.276. The molecule has 2 aliphatic rings. The van der Waals surface area contributed by atoms with Crippen LogP contribution in [0.3, 0.4) is 0 Å². The average Bonchev–Trinajstić information content (AvgIpc) is 3.19. The normalized spacial score (nSPS) is 25.7. The van der Waals surface area contributed by atoms with Gasteiger partial charge < -0.3 is 19.7 Å². The van der Waals surface area contributed by atoms with E-state index >= 15 is 0 Å². The van der Waals surface area contributed by atoms with Crippen LogP contribution in [-0.4, -0.2) is 51.2 Å². The lowest BCUT2D eigenvalue weighted by Crippen LogP contribution is -2.43. The second-order valence-electron chi connectivity index (χ2n) is 6.79. The Morgan fingerprint density at radius 2 is 2.20 bits per heavy atom. The second-order valence-corrected chi connectivity index (χ2v) is 6.79. The van der Waals surface area contributed by atoms with Crippen LogP contribution in [0.4, 0.5) is 5.82 Å². The van der Waals surface area contributed by atoms with Crippen LogP contribution >= 0.6 is 0 Å². The number of oxazole rings is 1. The van der Waals surface area contributed by atoms with Crippen molar-refractivity contribution in [3.63, 3.8) is 0 Å². The molecule has 1 saturated heterocycles. The Hall–Kier alpha value is -2.48. The SMILES string of the molecule is Cc1ocnc1C(=O)NC1CC(c2cc(N3CC[C@@H](O)C3)ncn2)C1. The average molecular weight is 343 g/mol. The van der Waals surface area contributed by atoms with Crippen molar-refractivity contribution in [2.75, 3.05) is 18.0 Å². The molecule has 25 heavy (non-hydrogen) atoms. The molecule has 8 heteroatoms. The molecule has 0 spiro atoms. The maximum absolute atomic E-state index is 12.1.